The van der Waals surface area contributed by atoms with Crippen LogP contribution in [0.4, 0.5) is 0 Å². The van der Waals surface area contributed by atoms with Gasteiger partial charge in [-0.05, 0) is 19.8 Å². The van der Waals surface area contributed by atoms with Crippen LogP contribution < -0.4 is 0 Å². The normalized spacial score (nSPS) is 19.9. The number of hydrogen-bond acceptors (Lipinski definition) is 4. The summed E-state index contributed by atoms with van der Waals surface area (Å²) in [7, 11) is 0. The van der Waals surface area contributed by atoms with Crippen molar-refractivity contribution in [3.05, 3.63) is 12.2 Å². The van der Waals surface area contributed by atoms with Crippen LogP contribution in [0.2, 0.25) is 0 Å². The van der Waals surface area contributed by atoms with Crippen molar-refractivity contribution in [3.8, 4) is 0 Å². The summed E-state index contributed by atoms with van der Waals surface area (Å²) < 4.78 is 11.5. The highest BCUT2D eigenvalue weighted by molar-refractivity contribution is 8.13. The Bertz CT molecular complexity index is 298. The summed E-state index contributed by atoms with van der Waals surface area (Å²) in [5.41, 5.74) is -0.0741. The van der Waals surface area contributed by atoms with Crippen LogP contribution in [0.3, 0.4) is 0 Å². The minimum atomic E-state index is -0.165. The number of unbranched alkanes of at least 4 members (excludes halogenated alkanes) is 1. The summed E-state index contributed by atoms with van der Waals surface area (Å²) >= 11 is 1.39. The second-order valence-electron chi connectivity index (χ2n) is 5.09. The van der Waals surface area contributed by atoms with Crippen LogP contribution in [-0.2, 0) is 14.3 Å². The molecule has 0 aliphatic carbocycles. The Labute approximate surface area is 121 Å². The molecule has 1 heterocycles. The highest BCUT2D eigenvalue weighted by Crippen LogP contribution is 2.40. The van der Waals surface area contributed by atoms with Crippen LogP contribution in [0.1, 0.15) is 46.5 Å². The molecular weight excluding hydrogens is 260 g/mol. The fraction of sp³-hybridized carbons (Fsp3) is 0.800. The summed E-state index contributed by atoms with van der Waals surface area (Å²) in [6, 6.07) is 0. The molecule has 110 valence electrons. The Balaban J connectivity index is 2.81. The van der Waals surface area contributed by atoms with Gasteiger partial charge in [0.05, 0.1) is 13.2 Å². The van der Waals surface area contributed by atoms with Gasteiger partial charge in [0, 0.05) is 18.1 Å². The largest absolute Gasteiger partial charge is 0.350 e. The number of rotatable bonds is 8. The van der Waals surface area contributed by atoms with E-state index in [4.69, 9.17) is 9.47 Å². The monoisotopic (exact) mass is 286 g/mol. The van der Waals surface area contributed by atoms with Gasteiger partial charge < -0.3 is 9.47 Å². The molecule has 0 aromatic rings. The van der Waals surface area contributed by atoms with Crippen molar-refractivity contribution in [2.45, 2.75) is 52.7 Å². The molecule has 0 N–H and O–H groups in total. The third-order valence-electron chi connectivity index (χ3n) is 3.47. The van der Waals surface area contributed by atoms with E-state index < -0.39 is 0 Å². The lowest BCUT2D eigenvalue weighted by atomic mass is 9.80. The van der Waals surface area contributed by atoms with Gasteiger partial charge in [-0.25, -0.2) is 0 Å². The Morgan fingerprint density at radius 1 is 1.42 bits per heavy atom. The maximum atomic E-state index is 11.3. The molecule has 0 radical (unpaired) electrons. The first kappa shape index (κ1) is 16.7. The van der Waals surface area contributed by atoms with Crippen LogP contribution in [0.15, 0.2) is 12.2 Å². The molecular formula is C15H26O3S. The molecule has 0 saturated carbocycles. The smallest absolute Gasteiger partial charge is 0.185 e. The van der Waals surface area contributed by atoms with Crippen molar-refractivity contribution in [2.75, 3.05) is 19.0 Å². The van der Waals surface area contributed by atoms with Crippen LogP contribution in [0.25, 0.3) is 0 Å². The zero-order chi connectivity index (χ0) is 14.1. The van der Waals surface area contributed by atoms with Crippen LogP contribution in [0, 0.1) is 5.41 Å². The molecule has 0 amide bonds. The van der Waals surface area contributed by atoms with Gasteiger partial charge >= 0.3 is 0 Å². The zero-order valence-corrected chi connectivity index (χ0v) is 13.1. The average molecular weight is 286 g/mol. The molecule has 0 aromatic heterocycles. The number of carbonyl (C=O) groups is 1. The molecule has 3 nitrogen and oxygen atoms in total. The molecule has 0 spiro atoms. The van der Waals surface area contributed by atoms with E-state index in [0.29, 0.717) is 13.2 Å². The predicted octanol–water partition coefficient (Wildman–Crippen LogP) is 3.78. The SMILES string of the molecule is CC=CCC(CCCC)(CSC(C)=O)C1OCCO1. The van der Waals surface area contributed by atoms with E-state index in [1.165, 1.54) is 11.8 Å². The van der Waals surface area contributed by atoms with Crippen LogP contribution in [-0.4, -0.2) is 30.4 Å². The van der Waals surface area contributed by atoms with Crippen molar-refractivity contribution in [1.82, 2.24) is 0 Å². The topological polar surface area (TPSA) is 35.5 Å². The van der Waals surface area contributed by atoms with E-state index in [1.807, 2.05) is 6.92 Å². The van der Waals surface area contributed by atoms with Gasteiger partial charge in [0.2, 0.25) is 0 Å². The van der Waals surface area contributed by atoms with E-state index in [-0.39, 0.29) is 16.8 Å². The zero-order valence-electron chi connectivity index (χ0n) is 12.3. The third-order valence-corrected chi connectivity index (χ3v) is 4.60. The van der Waals surface area contributed by atoms with Crippen molar-refractivity contribution in [3.63, 3.8) is 0 Å². The molecule has 1 fully saturated rings. The summed E-state index contributed by atoms with van der Waals surface area (Å²) in [4.78, 5) is 11.3. The van der Waals surface area contributed by atoms with E-state index in [0.717, 1.165) is 31.4 Å². The van der Waals surface area contributed by atoms with Crippen LogP contribution in [0.5, 0.6) is 0 Å². The Morgan fingerprint density at radius 3 is 2.63 bits per heavy atom. The van der Waals surface area contributed by atoms with E-state index >= 15 is 0 Å². The molecule has 19 heavy (non-hydrogen) atoms. The van der Waals surface area contributed by atoms with Gasteiger partial charge in [-0.15, -0.1) is 0 Å². The number of allylic oxidation sites excluding steroid dienone is 2. The summed E-state index contributed by atoms with van der Waals surface area (Å²) in [6.45, 7) is 7.17. The second-order valence-corrected chi connectivity index (χ2v) is 6.25. The van der Waals surface area contributed by atoms with Crippen molar-refractivity contribution >= 4 is 16.9 Å². The first-order valence-corrected chi connectivity index (χ1v) is 8.11. The minimum Gasteiger partial charge on any atom is -0.350 e. The third kappa shape index (κ3) is 5.28. The Kier molecular flexibility index (Phi) is 7.73. The number of carbonyl (C=O) groups excluding carboxylic acids is 1. The van der Waals surface area contributed by atoms with E-state index in [9.17, 15) is 4.79 Å². The summed E-state index contributed by atoms with van der Waals surface area (Å²) in [5.74, 6) is 0.775. The van der Waals surface area contributed by atoms with Gasteiger partial charge in [-0.3, -0.25) is 4.79 Å². The first-order chi connectivity index (χ1) is 9.14. The highest BCUT2D eigenvalue weighted by Gasteiger charge is 2.41. The molecule has 1 saturated heterocycles. The number of thioether (sulfide) groups is 1. The molecule has 4 heteroatoms. The second kappa shape index (κ2) is 8.77. The van der Waals surface area contributed by atoms with E-state index in [1.54, 1.807) is 6.92 Å². The molecule has 0 aromatic carbocycles. The standard InChI is InChI=1S/C15H26O3S/c1-4-6-8-15(9-7-5-2,12-19-13(3)16)14-17-10-11-18-14/h4,6,14H,5,7-12H2,1-3H3. The molecule has 1 rings (SSSR count). The maximum absolute atomic E-state index is 11.3. The Morgan fingerprint density at radius 2 is 2.11 bits per heavy atom. The lowest BCUT2D eigenvalue weighted by Crippen LogP contribution is -2.38. The van der Waals surface area contributed by atoms with Crippen molar-refractivity contribution < 1.29 is 14.3 Å². The Hall–Kier alpha value is -0.320. The van der Waals surface area contributed by atoms with Gasteiger partial charge in [-0.1, -0.05) is 43.7 Å². The lowest BCUT2D eigenvalue weighted by Gasteiger charge is -2.36. The predicted molar refractivity (Wildman–Crippen MR) is 80.2 cm³/mol. The number of hydrogen-bond donors (Lipinski definition) is 0. The van der Waals surface area contributed by atoms with Crippen LogP contribution >= 0.6 is 11.8 Å². The molecule has 1 aliphatic heterocycles. The molecule has 1 unspecified atom stereocenters. The quantitative estimate of drug-likeness (QED) is 0.636. The molecule has 1 atom stereocenters. The summed E-state index contributed by atoms with van der Waals surface area (Å²) in [5, 5.41) is 0.166. The molecule has 1 aliphatic rings. The van der Waals surface area contributed by atoms with Gasteiger partial charge in [0.25, 0.3) is 0 Å². The number of ether oxygens (including phenoxy) is 2. The van der Waals surface area contributed by atoms with Gasteiger partial charge in [0.1, 0.15) is 0 Å². The lowest BCUT2D eigenvalue weighted by molar-refractivity contribution is -0.127. The fourth-order valence-electron chi connectivity index (χ4n) is 2.35. The molecule has 0 bridgehead atoms. The first-order valence-electron chi connectivity index (χ1n) is 7.12. The fourth-order valence-corrected chi connectivity index (χ4v) is 3.24. The van der Waals surface area contributed by atoms with E-state index in [2.05, 4.69) is 19.1 Å². The minimum absolute atomic E-state index is 0.0741. The maximum Gasteiger partial charge on any atom is 0.185 e. The summed E-state index contributed by atoms with van der Waals surface area (Å²) in [6.07, 6.45) is 8.30. The average Bonchev–Trinajstić information content (AvgIpc) is 2.93. The van der Waals surface area contributed by atoms with Crippen molar-refractivity contribution in [2.24, 2.45) is 5.41 Å². The van der Waals surface area contributed by atoms with Gasteiger partial charge in [-0.2, -0.15) is 0 Å². The highest BCUT2D eigenvalue weighted by atomic mass is 32.2. The van der Waals surface area contributed by atoms with Crippen molar-refractivity contribution in [1.29, 1.82) is 0 Å². The van der Waals surface area contributed by atoms with Gasteiger partial charge in [0.15, 0.2) is 11.4 Å².